The Bertz CT molecular complexity index is 901. The van der Waals surface area contributed by atoms with Gasteiger partial charge in [-0.3, -0.25) is 14.6 Å². The van der Waals surface area contributed by atoms with Crippen LogP contribution in [0.4, 0.5) is 0 Å². The van der Waals surface area contributed by atoms with E-state index in [9.17, 15) is 9.59 Å². The standard InChI is InChI=1S/C18H17N3O2/c1-2-21-12-15(17(22)14-7-3-4-8-16(14)21)18(23)20-11-13-6-5-9-19-10-13/h3-10,12H,2,11H2,1H3,(H,20,23). The molecule has 0 unspecified atom stereocenters. The molecule has 0 fully saturated rings. The Balaban J connectivity index is 1.94. The van der Waals surface area contributed by atoms with E-state index in [-0.39, 0.29) is 16.9 Å². The number of rotatable bonds is 4. The summed E-state index contributed by atoms with van der Waals surface area (Å²) in [5.74, 6) is -0.369. The molecule has 0 aliphatic rings. The summed E-state index contributed by atoms with van der Waals surface area (Å²) < 4.78 is 1.91. The van der Waals surface area contributed by atoms with Gasteiger partial charge in [-0.25, -0.2) is 0 Å². The fourth-order valence-corrected chi connectivity index (χ4v) is 2.55. The van der Waals surface area contributed by atoms with Gasteiger partial charge in [0, 0.05) is 37.1 Å². The Kier molecular flexibility index (Phi) is 4.19. The number of carbonyl (C=O) groups excluding carboxylic acids is 1. The van der Waals surface area contributed by atoms with Gasteiger partial charge in [-0.05, 0) is 30.7 Å². The van der Waals surface area contributed by atoms with Crippen LogP contribution in [0, 0.1) is 0 Å². The van der Waals surface area contributed by atoms with Gasteiger partial charge in [0.25, 0.3) is 5.91 Å². The Morgan fingerprint density at radius 1 is 1.22 bits per heavy atom. The first-order valence-electron chi connectivity index (χ1n) is 7.50. The highest BCUT2D eigenvalue weighted by Crippen LogP contribution is 2.11. The van der Waals surface area contributed by atoms with Gasteiger partial charge >= 0.3 is 0 Å². The summed E-state index contributed by atoms with van der Waals surface area (Å²) in [6.45, 7) is 3.00. The van der Waals surface area contributed by atoms with E-state index in [1.54, 1.807) is 30.7 Å². The first-order valence-corrected chi connectivity index (χ1v) is 7.50. The van der Waals surface area contributed by atoms with Gasteiger partial charge in [-0.2, -0.15) is 0 Å². The maximum absolute atomic E-state index is 12.6. The SMILES string of the molecule is CCn1cc(C(=O)NCc2cccnc2)c(=O)c2ccccc21. The molecule has 1 N–H and O–H groups in total. The van der Waals surface area contributed by atoms with Crippen LogP contribution in [0.3, 0.4) is 0 Å². The van der Waals surface area contributed by atoms with Crippen molar-refractivity contribution in [2.75, 3.05) is 0 Å². The van der Waals surface area contributed by atoms with Crippen molar-refractivity contribution in [3.63, 3.8) is 0 Å². The molecule has 1 amide bonds. The van der Waals surface area contributed by atoms with Gasteiger partial charge in [-0.1, -0.05) is 18.2 Å². The van der Waals surface area contributed by atoms with E-state index < -0.39 is 0 Å². The molecule has 0 atom stereocenters. The normalized spacial score (nSPS) is 10.7. The molecule has 2 heterocycles. The molecule has 5 nitrogen and oxygen atoms in total. The lowest BCUT2D eigenvalue weighted by atomic mass is 10.1. The van der Waals surface area contributed by atoms with E-state index in [0.29, 0.717) is 18.5 Å². The minimum Gasteiger partial charge on any atom is -0.348 e. The lowest BCUT2D eigenvalue weighted by Gasteiger charge is -2.11. The largest absolute Gasteiger partial charge is 0.348 e. The Hall–Kier alpha value is -2.95. The molecule has 23 heavy (non-hydrogen) atoms. The molecule has 0 saturated heterocycles. The molecular weight excluding hydrogens is 290 g/mol. The maximum Gasteiger partial charge on any atom is 0.257 e. The van der Waals surface area contributed by atoms with Crippen LogP contribution in [0.25, 0.3) is 10.9 Å². The molecule has 1 aromatic carbocycles. The maximum atomic E-state index is 12.6. The molecule has 0 aliphatic heterocycles. The van der Waals surface area contributed by atoms with Crippen molar-refractivity contribution in [1.29, 1.82) is 0 Å². The number of carbonyl (C=O) groups is 1. The monoisotopic (exact) mass is 307 g/mol. The van der Waals surface area contributed by atoms with Crippen LogP contribution in [0.1, 0.15) is 22.8 Å². The number of fused-ring (bicyclic) bond motifs is 1. The minimum absolute atomic E-state index is 0.162. The topological polar surface area (TPSA) is 64.0 Å². The van der Waals surface area contributed by atoms with Gasteiger partial charge in [0.15, 0.2) is 0 Å². The summed E-state index contributed by atoms with van der Waals surface area (Å²) in [6.07, 6.45) is 4.99. The molecule has 3 rings (SSSR count). The van der Waals surface area contributed by atoms with Gasteiger partial charge in [-0.15, -0.1) is 0 Å². The Labute approximate surface area is 133 Å². The second kappa shape index (κ2) is 6.44. The Morgan fingerprint density at radius 3 is 2.78 bits per heavy atom. The second-order valence-electron chi connectivity index (χ2n) is 5.22. The van der Waals surface area contributed by atoms with E-state index in [4.69, 9.17) is 0 Å². The first kappa shape index (κ1) is 15.0. The van der Waals surface area contributed by atoms with Crippen molar-refractivity contribution in [2.45, 2.75) is 20.0 Å². The summed E-state index contributed by atoms with van der Waals surface area (Å²) in [7, 11) is 0. The summed E-state index contributed by atoms with van der Waals surface area (Å²) in [5.41, 5.74) is 1.64. The third-order valence-corrected chi connectivity index (χ3v) is 3.75. The smallest absolute Gasteiger partial charge is 0.257 e. The number of hydrogen-bond donors (Lipinski definition) is 1. The van der Waals surface area contributed by atoms with Crippen LogP contribution in [-0.2, 0) is 13.1 Å². The van der Waals surface area contributed by atoms with Crippen molar-refractivity contribution in [2.24, 2.45) is 0 Å². The van der Waals surface area contributed by atoms with Crippen LogP contribution in [0.2, 0.25) is 0 Å². The zero-order valence-electron chi connectivity index (χ0n) is 12.8. The van der Waals surface area contributed by atoms with Crippen LogP contribution in [-0.4, -0.2) is 15.5 Å². The van der Waals surface area contributed by atoms with Crippen molar-refractivity contribution < 1.29 is 4.79 Å². The average Bonchev–Trinajstić information content (AvgIpc) is 2.61. The quantitative estimate of drug-likeness (QED) is 0.804. The summed E-state index contributed by atoms with van der Waals surface area (Å²) in [5, 5.41) is 3.34. The molecule has 116 valence electrons. The van der Waals surface area contributed by atoms with Gasteiger partial charge in [0.2, 0.25) is 5.43 Å². The Morgan fingerprint density at radius 2 is 2.04 bits per heavy atom. The second-order valence-corrected chi connectivity index (χ2v) is 5.22. The minimum atomic E-state index is -0.369. The summed E-state index contributed by atoms with van der Waals surface area (Å²) >= 11 is 0. The first-order chi connectivity index (χ1) is 11.2. The third-order valence-electron chi connectivity index (χ3n) is 3.75. The van der Waals surface area contributed by atoms with Crippen LogP contribution >= 0.6 is 0 Å². The number of amides is 1. The van der Waals surface area contributed by atoms with E-state index in [0.717, 1.165) is 11.1 Å². The van der Waals surface area contributed by atoms with E-state index in [1.165, 1.54) is 0 Å². The average molecular weight is 307 g/mol. The van der Waals surface area contributed by atoms with Gasteiger partial charge in [0.05, 0.1) is 5.52 Å². The van der Waals surface area contributed by atoms with Crippen LogP contribution < -0.4 is 10.7 Å². The number of pyridine rings is 2. The lowest BCUT2D eigenvalue weighted by Crippen LogP contribution is -2.29. The van der Waals surface area contributed by atoms with Gasteiger partial charge in [0.1, 0.15) is 5.56 Å². The molecule has 3 aromatic rings. The fraction of sp³-hybridized carbons (Fsp3) is 0.167. The number of aryl methyl sites for hydroxylation is 1. The van der Waals surface area contributed by atoms with Crippen LogP contribution in [0.15, 0.2) is 59.8 Å². The third kappa shape index (κ3) is 2.99. The molecular formula is C18H17N3O2. The number of nitrogens with zero attached hydrogens (tertiary/aromatic N) is 2. The zero-order chi connectivity index (χ0) is 16.2. The van der Waals surface area contributed by atoms with Crippen molar-refractivity contribution >= 4 is 16.8 Å². The molecule has 5 heteroatoms. The molecule has 0 saturated carbocycles. The molecule has 0 bridgehead atoms. The van der Waals surface area contributed by atoms with E-state index in [1.807, 2.05) is 35.8 Å². The van der Waals surface area contributed by atoms with Crippen molar-refractivity contribution in [1.82, 2.24) is 14.9 Å². The highest BCUT2D eigenvalue weighted by molar-refractivity contribution is 5.97. The number of benzene rings is 1. The summed E-state index contributed by atoms with van der Waals surface area (Å²) in [6, 6.07) is 11.0. The fourth-order valence-electron chi connectivity index (χ4n) is 2.55. The number of nitrogens with one attached hydrogen (secondary N) is 1. The lowest BCUT2D eigenvalue weighted by molar-refractivity contribution is 0.0949. The van der Waals surface area contributed by atoms with Crippen LogP contribution in [0.5, 0.6) is 0 Å². The number of aromatic nitrogens is 2. The molecule has 0 radical (unpaired) electrons. The van der Waals surface area contributed by atoms with Gasteiger partial charge < -0.3 is 9.88 Å². The molecule has 2 aromatic heterocycles. The van der Waals surface area contributed by atoms with Crippen molar-refractivity contribution in [3.05, 3.63) is 76.3 Å². The molecule has 0 aliphatic carbocycles. The summed E-state index contributed by atoms with van der Waals surface area (Å²) in [4.78, 5) is 29.0. The predicted octanol–water partition coefficient (Wildman–Crippen LogP) is 2.35. The number of para-hydroxylation sites is 1. The van der Waals surface area contributed by atoms with E-state index >= 15 is 0 Å². The number of hydrogen-bond acceptors (Lipinski definition) is 3. The zero-order valence-corrected chi connectivity index (χ0v) is 12.8. The molecule has 0 spiro atoms. The predicted molar refractivity (Wildman–Crippen MR) is 89.3 cm³/mol. The highest BCUT2D eigenvalue weighted by Gasteiger charge is 2.14. The van der Waals surface area contributed by atoms with Crippen molar-refractivity contribution in [3.8, 4) is 0 Å². The highest BCUT2D eigenvalue weighted by atomic mass is 16.2. The van der Waals surface area contributed by atoms with E-state index in [2.05, 4.69) is 10.3 Å².